The van der Waals surface area contributed by atoms with Crippen molar-refractivity contribution >= 4 is 11.9 Å². The molecule has 8 nitrogen and oxygen atoms in total. The van der Waals surface area contributed by atoms with E-state index in [2.05, 4.69) is 4.74 Å². The first-order chi connectivity index (χ1) is 9.36. The number of likely N-dealkylation sites (N-methyl/N-ethyl adjacent to an activating group) is 1. The van der Waals surface area contributed by atoms with Crippen molar-refractivity contribution < 1.29 is 14.3 Å². The lowest BCUT2D eigenvalue weighted by molar-refractivity contribution is -0.141. The molecule has 8 heteroatoms. The number of carbonyl (C=O) groups is 2. The van der Waals surface area contributed by atoms with Gasteiger partial charge < -0.3 is 9.64 Å². The molecule has 0 fully saturated rings. The Morgan fingerprint density at radius 1 is 1.35 bits per heavy atom. The summed E-state index contributed by atoms with van der Waals surface area (Å²) in [4.78, 5) is 47.2. The highest BCUT2D eigenvalue weighted by molar-refractivity contribution is 5.76. The van der Waals surface area contributed by atoms with Gasteiger partial charge in [0.15, 0.2) is 0 Å². The zero-order valence-corrected chi connectivity index (χ0v) is 11.7. The van der Waals surface area contributed by atoms with E-state index in [1.807, 2.05) is 0 Å². The molecule has 0 unspecified atom stereocenters. The lowest BCUT2D eigenvalue weighted by Gasteiger charge is -2.17. The van der Waals surface area contributed by atoms with E-state index < -0.39 is 17.2 Å². The highest BCUT2D eigenvalue weighted by Crippen LogP contribution is 1.93. The molecule has 0 saturated carbocycles. The van der Waals surface area contributed by atoms with Crippen LogP contribution < -0.4 is 11.2 Å². The second kappa shape index (κ2) is 6.69. The van der Waals surface area contributed by atoms with Crippen LogP contribution in [0.2, 0.25) is 0 Å². The molecular weight excluding hydrogens is 266 g/mol. The molecule has 0 spiro atoms. The number of nitrogens with zero attached hydrogens (tertiary/aromatic N) is 3. The van der Waals surface area contributed by atoms with Gasteiger partial charge in [0.1, 0.15) is 6.54 Å². The maximum atomic E-state index is 11.9. The number of rotatable bonds is 5. The topological polar surface area (TPSA) is 90.6 Å². The highest BCUT2D eigenvalue weighted by atomic mass is 16.5. The Hall–Kier alpha value is -2.38. The van der Waals surface area contributed by atoms with Crippen LogP contribution in [-0.4, -0.2) is 46.6 Å². The number of carbonyl (C=O) groups excluding carboxylic acids is 2. The van der Waals surface area contributed by atoms with E-state index in [0.717, 1.165) is 9.13 Å². The summed E-state index contributed by atoms with van der Waals surface area (Å²) < 4.78 is 6.53. The molecule has 0 atom stereocenters. The van der Waals surface area contributed by atoms with Crippen molar-refractivity contribution in [2.45, 2.75) is 13.0 Å². The van der Waals surface area contributed by atoms with Crippen LogP contribution in [0, 0.1) is 0 Å². The number of esters is 1. The summed E-state index contributed by atoms with van der Waals surface area (Å²) in [5.74, 6) is -0.751. The van der Waals surface area contributed by atoms with Crippen LogP contribution in [-0.2, 0) is 27.9 Å². The summed E-state index contributed by atoms with van der Waals surface area (Å²) >= 11 is 0. The van der Waals surface area contributed by atoms with Gasteiger partial charge in [-0.15, -0.1) is 0 Å². The first kappa shape index (κ1) is 15.7. The first-order valence-corrected chi connectivity index (χ1v) is 5.94. The molecule has 0 bridgehead atoms. The van der Waals surface area contributed by atoms with Crippen LogP contribution in [0.5, 0.6) is 0 Å². The molecule has 1 amide bonds. The third kappa shape index (κ3) is 3.81. The van der Waals surface area contributed by atoms with E-state index in [9.17, 15) is 19.2 Å². The molecule has 0 aliphatic rings. The highest BCUT2D eigenvalue weighted by Gasteiger charge is 2.13. The van der Waals surface area contributed by atoms with Crippen molar-refractivity contribution in [3.63, 3.8) is 0 Å². The fourth-order valence-electron chi connectivity index (χ4n) is 1.49. The van der Waals surface area contributed by atoms with Gasteiger partial charge in [0.25, 0.3) is 5.56 Å². The Morgan fingerprint density at radius 2 is 2.00 bits per heavy atom. The van der Waals surface area contributed by atoms with Crippen molar-refractivity contribution in [3.8, 4) is 0 Å². The number of amides is 1. The van der Waals surface area contributed by atoms with Crippen LogP contribution in [0.15, 0.2) is 21.9 Å². The van der Waals surface area contributed by atoms with Crippen LogP contribution in [0.4, 0.5) is 0 Å². The maximum Gasteiger partial charge on any atom is 0.331 e. The fraction of sp³-hybridized carbons (Fsp3) is 0.500. The average molecular weight is 283 g/mol. The van der Waals surface area contributed by atoms with Gasteiger partial charge in [-0.2, -0.15) is 0 Å². The zero-order valence-electron chi connectivity index (χ0n) is 11.7. The van der Waals surface area contributed by atoms with E-state index in [0.29, 0.717) is 0 Å². The van der Waals surface area contributed by atoms with Crippen molar-refractivity contribution in [1.29, 1.82) is 0 Å². The Bertz CT molecular complexity index is 616. The lowest BCUT2D eigenvalue weighted by atomic mass is 10.4. The Kier molecular flexibility index (Phi) is 5.24. The second-order valence-electron chi connectivity index (χ2n) is 4.26. The van der Waals surface area contributed by atoms with Gasteiger partial charge in [-0.25, -0.2) is 4.79 Å². The predicted molar refractivity (Wildman–Crippen MR) is 70.2 cm³/mol. The number of ether oxygens (including phenoxy) is 1. The number of hydrogen-bond donors (Lipinski definition) is 0. The van der Waals surface area contributed by atoms with Crippen molar-refractivity contribution in [1.82, 2.24) is 14.0 Å². The minimum atomic E-state index is -0.563. The van der Waals surface area contributed by atoms with Gasteiger partial charge >= 0.3 is 11.7 Å². The third-order valence-corrected chi connectivity index (χ3v) is 2.87. The molecule has 0 radical (unpaired) electrons. The van der Waals surface area contributed by atoms with Crippen molar-refractivity contribution in [3.05, 3.63) is 33.1 Å². The van der Waals surface area contributed by atoms with Crippen LogP contribution in [0.25, 0.3) is 0 Å². The number of hydrogen-bond acceptors (Lipinski definition) is 5. The van der Waals surface area contributed by atoms with Gasteiger partial charge in [-0.1, -0.05) is 0 Å². The summed E-state index contributed by atoms with van der Waals surface area (Å²) in [6.45, 7) is 0.0106. The van der Waals surface area contributed by atoms with E-state index in [4.69, 9.17) is 0 Å². The molecule has 1 aromatic rings. The maximum absolute atomic E-state index is 11.9. The largest absolute Gasteiger partial charge is 0.469 e. The third-order valence-electron chi connectivity index (χ3n) is 2.87. The van der Waals surface area contributed by atoms with Crippen LogP contribution >= 0.6 is 0 Å². The molecule has 0 N–H and O–H groups in total. The summed E-state index contributed by atoms with van der Waals surface area (Å²) in [6.07, 6.45) is 1.36. The van der Waals surface area contributed by atoms with Crippen LogP contribution in [0.3, 0.4) is 0 Å². The molecule has 110 valence electrons. The summed E-state index contributed by atoms with van der Waals surface area (Å²) in [7, 11) is 4.14. The van der Waals surface area contributed by atoms with E-state index in [1.165, 1.54) is 38.4 Å². The standard InChI is InChI=1S/C12H17N3O5/c1-13(6-5-11(18)20-3)10(17)8-15-7-4-9(16)14(2)12(15)19/h4,7H,5-6,8H2,1-3H3. The van der Waals surface area contributed by atoms with Crippen LogP contribution in [0.1, 0.15) is 6.42 Å². The molecule has 20 heavy (non-hydrogen) atoms. The molecular formula is C12H17N3O5. The van der Waals surface area contributed by atoms with Gasteiger partial charge in [-0.3, -0.25) is 23.5 Å². The normalized spacial score (nSPS) is 10.2. The van der Waals surface area contributed by atoms with Gasteiger partial charge in [-0.05, 0) is 0 Å². The molecule has 0 aliphatic heterocycles. The Labute approximate surface area is 115 Å². The molecule has 0 aliphatic carbocycles. The quantitative estimate of drug-likeness (QED) is 0.618. The average Bonchev–Trinajstić information content (AvgIpc) is 2.44. The molecule has 1 heterocycles. The van der Waals surface area contributed by atoms with E-state index in [-0.39, 0.29) is 25.4 Å². The molecule has 1 rings (SSSR count). The second-order valence-corrected chi connectivity index (χ2v) is 4.26. The first-order valence-electron chi connectivity index (χ1n) is 5.94. The number of methoxy groups -OCH3 is 1. The fourth-order valence-corrected chi connectivity index (χ4v) is 1.49. The van der Waals surface area contributed by atoms with E-state index in [1.54, 1.807) is 0 Å². The molecule has 0 aromatic carbocycles. The lowest BCUT2D eigenvalue weighted by Crippen LogP contribution is -2.41. The Balaban J connectivity index is 2.71. The van der Waals surface area contributed by atoms with E-state index >= 15 is 0 Å². The van der Waals surface area contributed by atoms with Gasteiger partial charge in [0.05, 0.1) is 13.5 Å². The molecule has 1 aromatic heterocycles. The SMILES string of the molecule is COC(=O)CCN(C)C(=O)Cn1ccc(=O)n(C)c1=O. The van der Waals surface area contributed by atoms with Gasteiger partial charge in [0, 0.05) is 32.9 Å². The van der Waals surface area contributed by atoms with Gasteiger partial charge in [0.2, 0.25) is 5.91 Å². The smallest absolute Gasteiger partial charge is 0.331 e. The van der Waals surface area contributed by atoms with Crippen molar-refractivity contribution in [2.75, 3.05) is 20.7 Å². The minimum absolute atomic E-state index is 0.0842. The minimum Gasteiger partial charge on any atom is -0.469 e. The Morgan fingerprint density at radius 3 is 2.60 bits per heavy atom. The number of aromatic nitrogens is 2. The summed E-state index contributed by atoms with van der Waals surface area (Å²) in [6, 6.07) is 1.21. The zero-order chi connectivity index (χ0) is 15.3. The molecule has 0 saturated heterocycles. The predicted octanol–water partition coefficient (Wildman–Crippen LogP) is -1.43. The summed E-state index contributed by atoms with van der Waals surface area (Å²) in [5, 5.41) is 0. The van der Waals surface area contributed by atoms with Crippen molar-refractivity contribution in [2.24, 2.45) is 7.05 Å². The monoisotopic (exact) mass is 283 g/mol. The summed E-state index contributed by atoms with van der Waals surface area (Å²) in [5.41, 5.74) is -0.995.